The number of nitrogens with one attached hydrogen (secondary N) is 1. The molecule has 94 valence electrons. The number of hydrogen-bond donors (Lipinski definition) is 3. The first kappa shape index (κ1) is 14.1. The number of carbonyl (C=O) groups excluding carboxylic acids is 1. The van der Waals surface area contributed by atoms with Crippen LogP contribution in [-0.4, -0.2) is 29.6 Å². The van der Waals surface area contributed by atoms with Crippen molar-refractivity contribution < 1.29 is 14.7 Å². The molecular weight excluding hydrogens is 308 g/mol. The molecule has 17 heavy (non-hydrogen) atoms. The molecule has 1 rings (SSSR count). The number of nitrogens with two attached hydrogens (primary N) is 1. The number of carboxylic acid groups (broad SMARTS) is 1. The van der Waals surface area contributed by atoms with Crippen molar-refractivity contribution >= 4 is 39.1 Å². The van der Waals surface area contributed by atoms with E-state index in [0.717, 1.165) is 15.8 Å². The van der Waals surface area contributed by atoms with Crippen molar-refractivity contribution in [3.8, 4) is 0 Å². The van der Waals surface area contributed by atoms with Gasteiger partial charge in [0.2, 0.25) is 5.91 Å². The van der Waals surface area contributed by atoms with E-state index in [1.165, 1.54) is 0 Å². The fourth-order valence-corrected chi connectivity index (χ4v) is 2.62. The highest BCUT2D eigenvalue weighted by molar-refractivity contribution is 9.10. The molecule has 1 aromatic rings. The van der Waals surface area contributed by atoms with Crippen LogP contribution in [0.25, 0.3) is 0 Å². The lowest BCUT2D eigenvalue weighted by molar-refractivity contribution is -0.140. The third-order valence-electron chi connectivity index (χ3n) is 2.04. The fraction of sp³-hybridized carbons (Fsp3) is 0.400. The van der Waals surface area contributed by atoms with E-state index in [2.05, 4.69) is 21.2 Å². The Kier molecular flexibility index (Phi) is 5.60. The topological polar surface area (TPSA) is 92.4 Å². The van der Waals surface area contributed by atoms with Gasteiger partial charge in [-0.05, 0) is 28.4 Å². The SMILES string of the molecule is NC(CC(=O)NCCc1cc(Br)cs1)C(=O)O. The summed E-state index contributed by atoms with van der Waals surface area (Å²) in [7, 11) is 0. The van der Waals surface area contributed by atoms with Crippen molar-refractivity contribution in [3.63, 3.8) is 0 Å². The number of carbonyl (C=O) groups is 2. The molecular formula is C10H13BrN2O3S. The molecule has 4 N–H and O–H groups in total. The van der Waals surface area contributed by atoms with Gasteiger partial charge in [-0.25, -0.2) is 0 Å². The molecule has 1 atom stereocenters. The lowest BCUT2D eigenvalue weighted by Gasteiger charge is -2.07. The maximum Gasteiger partial charge on any atom is 0.321 e. The zero-order valence-electron chi connectivity index (χ0n) is 8.98. The number of hydrogen-bond acceptors (Lipinski definition) is 4. The van der Waals surface area contributed by atoms with Crippen molar-refractivity contribution in [2.45, 2.75) is 18.9 Å². The minimum atomic E-state index is -1.16. The minimum absolute atomic E-state index is 0.191. The summed E-state index contributed by atoms with van der Waals surface area (Å²) in [6.07, 6.45) is 0.536. The van der Waals surface area contributed by atoms with Gasteiger partial charge in [0.15, 0.2) is 0 Å². The summed E-state index contributed by atoms with van der Waals surface area (Å²) in [5.74, 6) is -1.50. The summed E-state index contributed by atoms with van der Waals surface area (Å²) in [4.78, 5) is 22.9. The second-order valence-electron chi connectivity index (χ2n) is 3.48. The van der Waals surface area contributed by atoms with Crippen molar-refractivity contribution in [2.24, 2.45) is 5.73 Å². The van der Waals surface area contributed by atoms with E-state index < -0.39 is 12.0 Å². The smallest absolute Gasteiger partial charge is 0.321 e. The molecule has 0 saturated heterocycles. The molecule has 0 fully saturated rings. The summed E-state index contributed by atoms with van der Waals surface area (Å²) in [5.41, 5.74) is 5.24. The Morgan fingerprint density at radius 2 is 2.29 bits per heavy atom. The fourth-order valence-electron chi connectivity index (χ4n) is 1.17. The van der Waals surface area contributed by atoms with Crippen molar-refractivity contribution in [3.05, 3.63) is 20.8 Å². The van der Waals surface area contributed by atoms with Gasteiger partial charge in [-0.1, -0.05) is 0 Å². The highest BCUT2D eigenvalue weighted by Crippen LogP contribution is 2.19. The number of rotatable bonds is 6. The Hall–Kier alpha value is -0.920. The van der Waals surface area contributed by atoms with Crippen molar-refractivity contribution in [1.82, 2.24) is 5.32 Å². The van der Waals surface area contributed by atoms with Gasteiger partial charge in [0.05, 0.1) is 6.42 Å². The highest BCUT2D eigenvalue weighted by Gasteiger charge is 2.15. The van der Waals surface area contributed by atoms with Crippen LogP contribution in [0.15, 0.2) is 15.9 Å². The summed E-state index contributed by atoms with van der Waals surface area (Å²) < 4.78 is 1.02. The van der Waals surface area contributed by atoms with Gasteiger partial charge in [0.25, 0.3) is 0 Å². The second-order valence-corrected chi connectivity index (χ2v) is 5.39. The van der Waals surface area contributed by atoms with Gasteiger partial charge in [0, 0.05) is 21.3 Å². The maximum atomic E-state index is 11.3. The normalized spacial score (nSPS) is 12.1. The molecule has 1 unspecified atom stereocenters. The van der Waals surface area contributed by atoms with Gasteiger partial charge in [0.1, 0.15) is 6.04 Å². The van der Waals surface area contributed by atoms with E-state index in [4.69, 9.17) is 10.8 Å². The number of carboxylic acids is 1. The quantitative estimate of drug-likeness (QED) is 0.728. The molecule has 5 nitrogen and oxygen atoms in total. The van der Waals surface area contributed by atoms with Crippen LogP contribution >= 0.6 is 27.3 Å². The Morgan fingerprint density at radius 1 is 1.59 bits per heavy atom. The highest BCUT2D eigenvalue weighted by atomic mass is 79.9. The molecule has 0 aliphatic heterocycles. The lowest BCUT2D eigenvalue weighted by Crippen LogP contribution is -2.37. The third kappa shape index (κ3) is 5.29. The Morgan fingerprint density at radius 3 is 2.82 bits per heavy atom. The molecule has 0 aliphatic carbocycles. The minimum Gasteiger partial charge on any atom is -0.480 e. The first-order chi connectivity index (χ1) is 7.99. The Bertz CT molecular complexity index is 408. The molecule has 0 bridgehead atoms. The number of amides is 1. The number of aliphatic carboxylic acids is 1. The maximum absolute atomic E-state index is 11.3. The van der Waals surface area contributed by atoms with Crippen LogP contribution in [0, 0.1) is 0 Å². The average Bonchev–Trinajstić information content (AvgIpc) is 2.64. The zero-order chi connectivity index (χ0) is 12.8. The molecule has 1 heterocycles. The number of thiophene rings is 1. The summed E-state index contributed by atoms with van der Waals surface area (Å²) in [6.45, 7) is 0.484. The molecule has 7 heteroatoms. The molecule has 0 spiro atoms. The molecule has 0 aliphatic rings. The predicted molar refractivity (Wildman–Crippen MR) is 69.0 cm³/mol. The summed E-state index contributed by atoms with van der Waals surface area (Å²) in [5, 5.41) is 13.1. The van der Waals surface area contributed by atoms with Gasteiger partial charge >= 0.3 is 5.97 Å². The summed E-state index contributed by atoms with van der Waals surface area (Å²) >= 11 is 4.95. The van der Waals surface area contributed by atoms with E-state index >= 15 is 0 Å². The van der Waals surface area contributed by atoms with Crippen LogP contribution in [-0.2, 0) is 16.0 Å². The van der Waals surface area contributed by atoms with E-state index in [9.17, 15) is 9.59 Å². The zero-order valence-corrected chi connectivity index (χ0v) is 11.4. The van der Waals surface area contributed by atoms with Gasteiger partial charge < -0.3 is 16.2 Å². The Balaban J connectivity index is 2.22. The molecule has 1 amide bonds. The number of halogens is 1. The van der Waals surface area contributed by atoms with E-state index in [0.29, 0.717) is 6.54 Å². The molecule has 0 saturated carbocycles. The van der Waals surface area contributed by atoms with E-state index in [-0.39, 0.29) is 12.3 Å². The van der Waals surface area contributed by atoms with Crippen LogP contribution in [0.3, 0.4) is 0 Å². The van der Waals surface area contributed by atoms with E-state index in [1.807, 2.05) is 11.4 Å². The monoisotopic (exact) mass is 320 g/mol. The van der Waals surface area contributed by atoms with Gasteiger partial charge in [-0.2, -0.15) is 0 Å². The molecule has 0 radical (unpaired) electrons. The summed E-state index contributed by atoms with van der Waals surface area (Å²) in [6, 6.07) is 0.852. The van der Waals surface area contributed by atoms with Crippen LogP contribution in [0.4, 0.5) is 0 Å². The van der Waals surface area contributed by atoms with Crippen molar-refractivity contribution in [2.75, 3.05) is 6.54 Å². The molecule has 1 aromatic heterocycles. The standard InChI is InChI=1S/C10H13BrN2O3S/c11-6-3-7(17-5-6)1-2-13-9(14)4-8(12)10(15)16/h3,5,8H,1-2,4,12H2,(H,13,14)(H,15,16). The van der Waals surface area contributed by atoms with Gasteiger partial charge in [-0.15, -0.1) is 11.3 Å². The first-order valence-electron chi connectivity index (χ1n) is 4.97. The predicted octanol–water partition coefficient (Wildman–Crippen LogP) is 0.971. The Labute approximate surface area is 111 Å². The third-order valence-corrected chi connectivity index (χ3v) is 3.80. The second kappa shape index (κ2) is 6.73. The van der Waals surface area contributed by atoms with E-state index in [1.54, 1.807) is 11.3 Å². The van der Waals surface area contributed by atoms with Crippen LogP contribution in [0.5, 0.6) is 0 Å². The van der Waals surface area contributed by atoms with Crippen LogP contribution in [0.1, 0.15) is 11.3 Å². The van der Waals surface area contributed by atoms with Crippen LogP contribution in [0.2, 0.25) is 0 Å². The molecule has 0 aromatic carbocycles. The largest absolute Gasteiger partial charge is 0.480 e. The van der Waals surface area contributed by atoms with Crippen molar-refractivity contribution in [1.29, 1.82) is 0 Å². The van der Waals surface area contributed by atoms with Gasteiger partial charge in [-0.3, -0.25) is 9.59 Å². The lowest BCUT2D eigenvalue weighted by atomic mass is 10.2. The average molecular weight is 321 g/mol. The van der Waals surface area contributed by atoms with Crippen LogP contribution < -0.4 is 11.1 Å². The first-order valence-corrected chi connectivity index (χ1v) is 6.64.